The molecule has 3 nitrogen and oxygen atoms in total. The quantitative estimate of drug-likeness (QED) is 0.210. The third-order valence-electron chi connectivity index (χ3n) is 7.93. The Morgan fingerprint density at radius 3 is 1.55 bits per heavy atom. The first-order chi connectivity index (χ1) is 19.8. The molecule has 0 amide bonds. The predicted molar refractivity (Wildman–Crippen MR) is 167 cm³/mol. The molecule has 0 bridgehead atoms. The van der Waals surface area contributed by atoms with Crippen LogP contribution in [0.4, 0.5) is 5.69 Å². The van der Waals surface area contributed by atoms with Crippen LogP contribution in [0.1, 0.15) is 0 Å². The second kappa shape index (κ2) is 8.73. The lowest BCUT2D eigenvalue weighted by atomic mass is 10.0. The van der Waals surface area contributed by atoms with Crippen LogP contribution >= 0.6 is 0 Å². The Bertz CT molecular complexity index is 2220. The Hall–Kier alpha value is -5.59. The normalized spacial score (nSPS) is 11.5. The summed E-state index contributed by atoms with van der Waals surface area (Å²) in [5.74, 6) is 0. The molecule has 0 saturated carbocycles. The topological polar surface area (TPSA) is 14.2 Å². The van der Waals surface area contributed by atoms with Gasteiger partial charge in [-0.1, -0.05) is 84.9 Å². The molecule has 0 spiro atoms. The fourth-order valence-corrected chi connectivity index (χ4v) is 6.14. The summed E-state index contributed by atoms with van der Waals surface area (Å²) in [6.45, 7) is 7.47. The van der Waals surface area contributed by atoms with Gasteiger partial charge in [-0.2, -0.15) is 0 Å². The molecular weight excluding hydrogens is 486 g/mol. The van der Waals surface area contributed by atoms with Crippen molar-refractivity contribution in [2.45, 2.75) is 0 Å². The molecule has 2 aromatic heterocycles. The molecule has 0 atom stereocenters. The molecule has 0 aliphatic carbocycles. The van der Waals surface area contributed by atoms with Gasteiger partial charge in [0.1, 0.15) is 0 Å². The van der Waals surface area contributed by atoms with Gasteiger partial charge in [-0.3, -0.25) is 0 Å². The van der Waals surface area contributed by atoms with Crippen molar-refractivity contribution in [2.75, 3.05) is 0 Å². The molecule has 186 valence electrons. The number of hydrogen-bond donors (Lipinski definition) is 0. The lowest BCUT2D eigenvalue weighted by Gasteiger charge is -2.10. The van der Waals surface area contributed by atoms with Gasteiger partial charge in [0.15, 0.2) is 5.69 Å². The highest BCUT2D eigenvalue weighted by Crippen LogP contribution is 2.36. The Morgan fingerprint density at radius 2 is 0.925 bits per heavy atom. The van der Waals surface area contributed by atoms with Gasteiger partial charge < -0.3 is 9.13 Å². The van der Waals surface area contributed by atoms with E-state index in [0.717, 1.165) is 22.4 Å². The van der Waals surface area contributed by atoms with Gasteiger partial charge in [-0.05, 0) is 65.7 Å². The minimum Gasteiger partial charge on any atom is -0.311 e. The lowest BCUT2D eigenvalue weighted by Crippen LogP contribution is -1.94. The van der Waals surface area contributed by atoms with Crippen molar-refractivity contribution in [2.24, 2.45) is 0 Å². The number of aromatic nitrogens is 2. The molecule has 0 aliphatic rings. The number of benzene rings is 6. The number of para-hydroxylation sites is 3. The minimum atomic E-state index is 0.642. The van der Waals surface area contributed by atoms with E-state index in [4.69, 9.17) is 6.57 Å². The summed E-state index contributed by atoms with van der Waals surface area (Å²) in [6.07, 6.45) is 0. The zero-order valence-electron chi connectivity index (χ0n) is 21.6. The second-order valence-corrected chi connectivity index (χ2v) is 10.1. The van der Waals surface area contributed by atoms with Crippen LogP contribution in [0.3, 0.4) is 0 Å². The van der Waals surface area contributed by atoms with E-state index < -0.39 is 0 Å². The molecule has 6 aromatic carbocycles. The standard InChI is InChI=1S/C37H23N3/c1-38-27-9-8-10-29(24-27)40-36-16-7-4-13-32(36)33-23-26(19-22-37(33)40)25-17-20-28(21-18-25)39-34-14-5-2-11-30(34)31-12-3-6-15-35(31)39/h2-24H. The first kappa shape index (κ1) is 22.4. The van der Waals surface area contributed by atoms with E-state index in [0.29, 0.717) is 5.69 Å². The number of nitrogens with zero attached hydrogens (tertiary/aromatic N) is 3. The summed E-state index contributed by atoms with van der Waals surface area (Å²) >= 11 is 0. The Labute approximate surface area is 231 Å². The summed E-state index contributed by atoms with van der Waals surface area (Å²) in [5, 5.41) is 4.94. The lowest BCUT2D eigenvalue weighted by molar-refractivity contribution is 1.18. The van der Waals surface area contributed by atoms with Crippen molar-refractivity contribution in [3.63, 3.8) is 0 Å². The summed E-state index contributed by atoms with van der Waals surface area (Å²) < 4.78 is 4.61. The van der Waals surface area contributed by atoms with Crippen molar-refractivity contribution in [3.8, 4) is 22.5 Å². The summed E-state index contributed by atoms with van der Waals surface area (Å²) in [4.78, 5) is 3.65. The highest BCUT2D eigenvalue weighted by Gasteiger charge is 2.14. The van der Waals surface area contributed by atoms with E-state index in [9.17, 15) is 0 Å². The van der Waals surface area contributed by atoms with Crippen molar-refractivity contribution < 1.29 is 0 Å². The third kappa shape index (κ3) is 3.30. The Kier molecular flexibility index (Phi) is 4.89. The molecule has 8 rings (SSSR count). The monoisotopic (exact) mass is 509 g/mol. The second-order valence-electron chi connectivity index (χ2n) is 10.1. The van der Waals surface area contributed by atoms with Crippen molar-refractivity contribution in [1.82, 2.24) is 9.13 Å². The Morgan fingerprint density at radius 1 is 0.400 bits per heavy atom. The van der Waals surface area contributed by atoms with E-state index in [1.807, 2.05) is 18.2 Å². The van der Waals surface area contributed by atoms with Gasteiger partial charge in [0.2, 0.25) is 0 Å². The molecule has 0 unspecified atom stereocenters. The first-order valence-electron chi connectivity index (χ1n) is 13.4. The molecule has 8 aromatic rings. The van der Waals surface area contributed by atoms with Crippen LogP contribution in [-0.2, 0) is 0 Å². The number of fused-ring (bicyclic) bond motifs is 6. The molecule has 0 radical (unpaired) electrons. The summed E-state index contributed by atoms with van der Waals surface area (Å²) in [7, 11) is 0. The van der Waals surface area contributed by atoms with E-state index in [1.54, 1.807) is 0 Å². The fourth-order valence-electron chi connectivity index (χ4n) is 6.14. The van der Waals surface area contributed by atoms with Gasteiger partial charge in [0.25, 0.3) is 0 Å². The van der Waals surface area contributed by atoms with Crippen LogP contribution < -0.4 is 0 Å². The molecular formula is C37H23N3. The molecule has 2 heterocycles. The van der Waals surface area contributed by atoms with Crippen LogP contribution in [-0.4, -0.2) is 9.13 Å². The number of hydrogen-bond acceptors (Lipinski definition) is 0. The van der Waals surface area contributed by atoms with Crippen LogP contribution in [0.5, 0.6) is 0 Å². The van der Waals surface area contributed by atoms with E-state index >= 15 is 0 Å². The van der Waals surface area contributed by atoms with Crippen molar-refractivity contribution in [3.05, 3.63) is 151 Å². The average Bonchev–Trinajstić information content (AvgIpc) is 3.54. The first-order valence-corrected chi connectivity index (χ1v) is 13.4. The molecule has 0 fully saturated rings. The average molecular weight is 510 g/mol. The van der Waals surface area contributed by atoms with Crippen LogP contribution in [0, 0.1) is 6.57 Å². The third-order valence-corrected chi connectivity index (χ3v) is 7.93. The van der Waals surface area contributed by atoms with Gasteiger partial charge in [0.05, 0.1) is 28.6 Å². The highest BCUT2D eigenvalue weighted by atomic mass is 15.0. The van der Waals surface area contributed by atoms with Gasteiger partial charge >= 0.3 is 0 Å². The molecule has 40 heavy (non-hydrogen) atoms. The van der Waals surface area contributed by atoms with Crippen LogP contribution in [0.25, 0.3) is 71.0 Å². The van der Waals surface area contributed by atoms with Gasteiger partial charge in [0, 0.05) is 32.9 Å². The molecule has 0 N–H and O–H groups in total. The SMILES string of the molecule is [C-]#[N+]c1cccc(-n2c3ccccc3c3cc(-c4ccc(-n5c6ccccc6c6ccccc65)cc4)ccc32)c1. The Balaban J connectivity index is 1.27. The maximum atomic E-state index is 7.47. The zero-order chi connectivity index (χ0) is 26.6. The van der Waals surface area contributed by atoms with Crippen LogP contribution in [0.2, 0.25) is 0 Å². The summed E-state index contributed by atoms with van der Waals surface area (Å²) in [6, 6.07) is 49.1. The highest BCUT2D eigenvalue weighted by molar-refractivity contribution is 6.11. The maximum absolute atomic E-state index is 7.47. The van der Waals surface area contributed by atoms with Gasteiger partial charge in [-0.25, -0.2) is 4.85 Å². The molecule has 3 heteroatoms. The molecule has 0 saturated heterocycles. The summed E-state index contributed by atoms with van der Waals surface area (Å²) in [5.41, 5.74) is 9.86. The maximum Gasteiger partial charge on any atom is 0.189 e. The smallest absolute Gasteiger partial charge is 0.189 e. The largest absolute Gasteiger partial charge is 0.311 e. The van der Waals surface area contributed by atoms with E-state index in [1.165, 1.54) is 43.7 Å². The van der Waals surface area contributed by atoms with Crippen molar-refractivity contribution >= 4 is 49.3 Å². The number of rotatable bonds is 3. The van der Waals surface area contributed by atoms with E-state index in [2.05, 4.69) is 135 Å². The predicted octanol–water partition coefficient (Wildman–Crippen LogP) is 10.1. The molecule has 0 aliphatic heterocycles. The zero-order valence-corrected chi connectivity index (χ0v) is 21.6. The fraction of sp³-hybridized carbons (Fsp3) is 0. The van der Waals surface area contributed by atoms with Gasteiger partial charge in [-0.15, -0.1) is 0 Å². The van der Waals surface area contributed by atoms with Crippen molar-refractivity contribution in [1.29, 1.82) is 0 Å². The minimum absolute atomic E-state index is 0.642. The van der Waals surface area contributed by atoms with Crippen LogP contribution in [0.15, 0.2) is 140 Å². The van der Waals surface area contributed by atoms with E-state index in [-0.39, 0.29) is 0 Å².